The van der Waals surface area contributed by atoms with Crippen LogP contribution in [0.15, 0.2) is 54.6 Å². The van der Waals surface area contributed by atoms with Crippen LogP contribution in [0.4, 0.5) is 4.39 Å². The molecule has 0 bridgehead atoms. The van der Waals surface area contributed by atoms with E-state index < -0.39 is 0 Å². The van der Waals surface area contributed by atoms with Crippen LogP contribution in [0.5, 0.6) is 0 Å². The SMILES string of the molecule is Cc1nn(-c2ccc(F)cc2)c(C)c1C(=O)NCC(C1CC1)N(C)Cc1ccccc1. The van der Waals surface area contributed by atoms with Crippen molar-refractivity contribution in [1.82, 2.24) is 20.0 Å². The predicted octanol–water partition coefficient (Wildman–Crippen LogP) is 4.27. The van der Waals surface area contributed by atoms with Crippen molar-refractivity contribution >= 4 is 5.91 Å². The van der Waals surface area contributed by atoms with Crippen LogP contribution in [0.25, 0.3) is 5.69 Å². The van der Waals surface area contributed by atoms with Crippen LogP contribution in [0, 0.1) is 25.6 Å². The van der Waals surface area contributed by atoms with Crippen LogP contribution < -0.4 is 5.32 Å². The second-order valence-electron chi connectivity index (χ2n) is 8.45. The van der Waals surface area contributed by atoms with Crippen LogP contribution >= 0.6 is 0 Å². The van der Waals surface area contributed by atoms with Gasteiger partial charge in [0, 0.05) is 19.1 Å². The first kappa shape index (κ1) is 21.2. The maximum absolute atomic E-state index is 13.3. The quantitative estimate of drug-likeness (QED) is 0.592. The summed E-state index contributed by atoms with van der Waals surface area (Å²) in [5.74, 6) is 0.217. The molecular formula is C25H29FN4O. The molecule has 1 aliphatic rings. The van der Waals surface area contributed by atoms with E-state index in [1.54, 1.807) is 16.8 Å². The third kappa shape index (κ3) is 4.85. The number of carbonyl (C=O) groups is 1. The standard InChI is InChI=1S/C25H29FN4O/c1-17-24(18(2)30(28-17)22-13-11-21(26)12-14-22)25(31)27-15-23(20-9-10-20)29(3)16-19-7-5-4-6-8-19/h4-8,11-14,20,23H,9-10,15-16H2,1-3H3,(H,27,31). The number of hydrogen-bond donors (Lipinski definition) is 1. The molecule has 1 saturated carbocycles. The van der Waals surface area contributed by atoms with Gasteiger partial charge in [-0.25, -0.2) is 9.07 Å². The van der Waals surface area contributed by atoms with Gasteiger partial charge in [0.2, 0.25) is 0 Å². The number of hydrogen-bond acceptors (Lipinski definition) is 3. The number of amides is 1. The number of aryl methyl sites for hydroxylation is 1. The zero-order chi connectivity index (χ0) is 22.0. The van der Waals surface area contributed by atoms with Gasteiger partial charge >= 0.3 is 0 Å². The fraction of sp³-hybridized carbons (Fsp3) is 0.360. The van der Waals surface area contributed by atoms with Crippen molar-refractivity contribution in [2.75, 3.05) is 13.6 Å². The minimum Gasteiger partial charge on any atom is -0.350 e. The summed E-state index contributed by atoms with van der Waals surface area (Å²) >= 11 is 0. The Kier molecular flexibility index (Phi) is 6.18. The van der Waals surface area contributed by atoms with Gasteiger partial charge in [-0.2, -0.15) is 5.10 Å². The first-order chi connectivity index (χ1) is 14.9. The minimum atomic E-state index is -0.297. The topological polar surface area (TPSA) is 50.2 Å². The molecule has 4 rings (SSSR count). The molecule has 1 aromatic heterocycles. The van der Waals surface area contributed by atoms with E-state index in [0.717, 1.165) is 17.9 Å². The molecule has 1 atom stereocenters. The molecule has 1 heterocycles. The summed E-state index contributed by atoms with van der Waals surface area (Å²) < 4.78 is 15.0. The summed E-state index contributed by atoms with van der Waals surface area (Å²) in [6.45, 7) is 5.17. The summed E-state index contributed by atoms with van der Waals surface area (Å²) in [6.07, 6.45) is 2.42. The summed E-state index contributed by atoms with van der Waals surface area (Å²) in [5, 5.41) is 7.67. The lowest BCUT2D eigenvalue weighted by Gasteiger charge is -2.28. The smallest absolute Gasteiger partial charge is 0.255 e. The number of aromatic nitrogens is 2. The molecule has 1 amide bonds. The Morgan fingerprint density at radius 1 is 1.16 bits per heavy atom. The molecule has 5 nitrogen and oxygen atoms in total. The molecule has 0 saturated heterocycles. The molecule has 0 aliphatic heterocycles. The van der Waals surface area contributed by atoms with Gasteiger partial charge < -0.3 is 5.32 Å². The maximum Gasteiger partial charge on any atom is 0.255 e. The molecule has 1 fully saturated rings. The van der Waals surface area contributed by atoms with Crippen LogP contribution in [-0.2, 0) is 6.54 Å². The number of halogens is 1. The van der Waals surface area contributed by atoms with Crippen LogP contribution in [0.1, 0.15) is 40.2 Å². The number of carbonyl (C=O) groups excluding carboxylic acids is 1. The third-order valence-electron chi connectivity index (χ3n) is 6.07. The van der Waals surface area contributed by atoms with Crippen molar-refractivity contribution in [3.05, 3.63) is 82.9 Å². The summed E-state index contributed by atoms with van der Waals surface area (Å²) in [5.41, 5.74) is 4.01. The Balaban J connectivity index is 1.45. The van der Waals surface area contributed by atoms with Gasteiger partial charge in [0.1, 0.15) is 5.82 Å². The highest BCUT2D eigenvalue weighted by Crippen LogP contribution is 2.35. The molecule has 3 aromatic rings. The van der Waals surface area contributed by atoms with E-state index in [0.29, 0.717) is 29.8 Å². The first-order valence-corrected chi connectivity index (χ1v) is 10.8. The minimum absolute atomic E-state index is 0.109. The second kappa shape index (κ2) is 9.02. The fourth-order valence-corrected chi connectivity index (χ4v) is 4.24. The van der Waals surface area contributed by atoms with Gasteiger partial charge in [-0.3, -0.25) is 9.69 Å². The van der Waals surface area contributed by atoms with E-state index in [2.05, 4.69) is 46.6 Å². The average Bonchev–Trinajstić information content (AvgIpc) is 3.54. The molecule has 31 heavy (non-hydrogen) atoms. The number of rotatable bonds is 8. The van der Waals surface area contributed by atoms with Gasteiger partial charge in [-0.15, -0.1) is 0 Å². The summed E-state index contributed by atoms with van der Waals surface area (Å²) in [4.78, 5) is 15.4. The normalized spacial score (nSPS) is 14.6. The number of likely N-dealkylation sites (N-methyl/N-ethyl adjacent to an activating group) is 1. The largest absolute Gasteiger partial charge is 0.350 e. The van der Waals surface area contributed by atoms with E-state index in [4.69, 9.17) is 0 Å². The highest BCUT2D eigenvalue weighted by atomic mass is 19.1. The fourth-order valence-electron chi connectivity index (χ4n) is 4.24. The molecule has 1 unspecified atom stereocenters. The lowest BCUT2D eigenvalue weighted by Crippen LogP contribution is -2.43. The van der Waals surface area contributed by atoms with Crippen molar-refractivity contribution in [2.24, 2.45) is 5.92 Å². The Morgan fingerprint density at radius 2 is 1.84 bits per heavy atom. The molecule has 1 N–H and O–H groups in total. The predicted molar refractivity (Wildman–Crippen MR) is 120 cm³/mol. The zero-order valence-electron chi connectivity index (χ0n) is 18.3. The van der Waals surface area contributed by atoms with E-state index in [9.17, 15) is 9.18 Å². The van der Waals surface area contributed by atoms with E-state index in [1.807, 2.05) is 19.9 Å². The number of nitrogens with zero attached hydrogens (tertiary/aromatic N) is 3. The Bertz CT molecular complexity index is 1040. The van der Waals surface area contributed by atoms with Crippen molar-refractivity contribution in [3.8, 4) is 5.69 Å². The Morgan fingerprint density at radius 3 is 2.48 bits per heavy atom. The van der Waals surface area contributed by atoms with Gasteiger partial charge in [0.05, 0.1) is 22.6 Å². The van der Waals surface area contributed by atoms with Crippen LogP contribution in [-0.4, -0.2) is 40.2 Å². The van der Waals surface area contributed by atoms with Gasteiger partial charge in [-0.05, 0) is 69.5 Å². The van der Waals surface area contributed by atoms with Gasteiger partial charge in [0.15, 0.2) is 0 Å². The van der Waals surface area contributed by atoms with Gasteiger partial charge in [-0.1, -0.05) is 30.3 Å². The van der Waals surface area contributed by atoms with Crippen LogP contribution in [0.3, 0.4) is 0 Å². The molecule has 0 spiro atoms. The number of nitrogens with one attached hydrogen (secondary N) is 1. The highest BCUT2D eigenvalue weighted by molar-refractivity contribution is 5.96. The van der Waals surface area contributed by atoms with Crippen molar-refractivity contribution in [3.63, 3.8) is 0 Å². The molecule has 1 aliphatic carbocycles. The second-order valence-corrected chi connectivity index (χ2v) is 8.45. The third-order valence-corrected chi connectivity index (χ3v) is 6.07. The summed E-state index contributed by atoms with van der Waals surface area (Å²) in [7, 11) is 2.13. The monoisotopic (exact) mass is 420 g/mol. The van der Waals surface area contributed by atoms with Crippen molar-refractivity contribution < 1.29 is 9.18 Å². The molecular weight excluding hydrogens is 391 g/mol. The lowest BCUT2D eigenvalue weighted by molar-refractivity contribution is 0.0931. The van der Waals surface area contributed by atoms with E-state index in [-0.39, 0.29) is 11.7 Å². The Hall–Kier alpha value is -2.99. The van der Waals surface area contributed by atoms with E-state index >= 15 is 0 Å². The van der Waals surface area contributed by atoms with Crippen molar-refractivity contribution in [2.45, 2.75) is 39.3 Å². The average molecular weight is 421 g/mol. The highest BCUT2D eigenvalue weighted by Gasteiger charge is 2.34. The lowest BCUT2D eigenvalue weighted by atomic mass is 10.1. The van der Waals surface area contributed by atoms with Gasteiger partial charge in [0.25, 0.3) is 5.91 Å². The first-order valence-electron chi connectivity index (χ1n) is 10.8. The number of benzene rings is 2. The molecule has 2 aromatic carbocycles. The van der Waals surface area contributed by atoms with E-state index in [1.165, 1.54) is 30.5 Å². The maximum atomic E-state index is 13.3. The Labute approximate surface area is 182 Å². The molecule has 6 heteroatoms. The zero-order valence-corrected chi connectivity index (χ0v) is 18.3. The van der Waals surface area contributed by atoms with Crippen molar-refractivity contribution in [1.29, 1.82) is 0 Å². The molecule has 162 valence electrons. The molecule has 0 radical (unpaired) electrons. The van der Waals surface area contributed by atoms with Crippen LogP contribution in [0.2, 0.25) is 0 Å². The summed E-state index contributed by atoms with van der Waals surface area (Å²) in [6, 6.07) is 16.8.